The lowest BCUT2D eigenvalue weighted by Gasteiger charge is -2.07. The lowest BCUT2D eigenvalue weighted by molar-refractivity contribution is 0.598. The molecule has 1 aromatic rings. The molecule has 0 aromatic heterocycles. The highest BCUT2D eigenvalue weighted by atomic mass is 79.9. The first kappa shape index (κ1) is 13.0. The lowest BCUT2D eigenvalue weighted by atomic mass is 10.2. The number of nitrogens with two attached hydrogens (primary N) is 1. The van der Waals surface area contributed by atoms with Crippen molar-refractivity contribution in [2.45, 2.75) is 0 Å². The zero-order chi connectivity index (χ0) is 12.2. The fourth-order valence-electron chi connectivity index (χ4n) is 1.06. The minimum Gasteiger partial charge on any atom is -0.383 e. The molecule has 0 spiro atoms. The molecule has 0 bridgehead atoms. The number of halogens is 1. The Bertz CT molecular complexity index is 522. The van der Waals surface area contributed by atoms with E-state index in [-0.39, 0.29) is 12.3 Å². The number of sulfonamides is 1. The van der Waals surface area contributed by atoms with Crippen LogP contribution in [0.2, 0.25) is 0 Å². The van der Waals surface area contributed by atoms with Crippen molar-refractivity contribution in [3.8, 4) is 6.07 Å². The number of nitriles is 1. The largest absolute Gasteiger partial charge is 0.383 e. The molecule has 16 heavy (non-hydrogen) atoms. The van der Waals surface area contributed by atoms with Gasteiger partial charge in [-0.05, 0) is 34.1 Å². The van der Waals surface area contributed by atoms with E-state index in [1.54, 1.807) is 18.2 Å². The Labute approximate surface area is 102 Å². The average molecular weight is 304 g/mol. The van der Waals surface area contributed by atoms with E-state index in [0.29, 0.717) is 10.0 Å². The number of benzene rings is 1. The monoisotopic (exact) mass is 303 g/mol. The zero-order valence-corrected chi connectivity index (χ0v) is 10.7. The Morgan fingerprint density at radius 3 is 2.69 bits per heavy atom. The third kappa shape index (κ3) is 4.18. The van der Waals surface area contributed by atoms with Gasteiger partial charge in [-0.15, -0.1) is 0 Å². The second kappa shape index (κ2) is 5.30. The number of anilines is 1. The van der Waals surface area contributed by atoms with Gasteiger partial charge in [-0.3, -0.25) is 0 Å². The van der Waals surface area contributed by atoms with Crippen LogP contribution in [-0.2, 0) is 10.0 Å². The molecule has 5 nitrogen and oxygen atoms in total. The molecule has 0 radical (unpaired) electrons. The Balaban J connectivity index is 2.66. The zero-order valence-electron chi connectivity index (χ0n) is 8.27. The minimum atomic E-state index is -3.45. The number of nitrogens with one attached hydrogen (secondary N) is 1. The van der Waals surface area contributed by atoms with Crippen LogP contribution in [0, 0.1) is 11.3 Å². The number of rotatable bonds is 4. The van der Waals surface area contributed by atoms with E-state index in [1.807, 2.05) is 6.07 Å². The highest BCUT2D eigenvalue weighted by Crippen LogP contribution is 2.23. The molecule has 1 rings (SSSR count). The number of hydrogen-bond donors (Lipinski definition) is 2. The first-order valence-electron chi connectivity index (χ1n) is 4.36. The summed E-state index contributed by atoms with van der Waals surface area (Å²) in [6, 6.07) is 7.00. The summed E-state index contributed by atoms with van der Waals surface area (Å²) in [6.45, 7) is 0.226. The van der Waals surface area contributed by atoms with Crippen molar-refractivity contribution in [3.05, 3.63) is 28.2 Å². The van der Waals surface area contributed by atoms with Crippen LogP contribution in [0.5, 0.6) is 0 Å². The fourth-order valence-corrected chi connectivity index (χ4v) is 1.96. The van der Waals surface area contributed by atoms with Gasteiger partial charge in [-0.25, -0.2) is 13.6 Å². The number of nitrogens with zero attached hydrogens (tertiary/aromatic N) is 1. The van der Waals surface area contributed by atoms with Gasteiger partial charge in [0.1, 0.15) is 0 Å². The lowest BCUT2D eigenvalue weighted by Crippen LogP contribution is -2.22. The van der Waals surface area contributed by atoms with E-state index >= 15 is 0 Å². The van der Waals surface area contributed by atoms with Crippen LogP contribution in [0.25, 0.3) is 0 Å². The Hall–Kier alpha value is -1.10. The molecule has 0 saturated heterocycles. The van der Waals surface area contributed by atoms with Crippen LogP contribution in [-0.4, -0.2) is 20.7 Å². The maximum Gasteiger partial charge on any atom is 0.210 e. The SMILES string of the molecule is N#Cc1ccc(NCCS(N)(=O)=O)c(Br)c1. The van der Waals surface area contributed by atoms with E-state index in [0.717, 1.165) is 5.69 Å². The molecular formula is C9H10BrN3O2S. The van der Waals surface area contributed by atoms with Crippen molar-refractivity contribution in [2.75, 3.05) is 17.6 Å². The minimum absolute atomic E-state index is 0.139. The van der Waals surface area contributed by atoms with Gasteiger partial charge in [-0.1, -0.05) is 0 Å². The van der Waals surface area contributed by atoms with Crippen LogP contribution in [0.4, 0.5) is 5.69 Å². The van der Waals surface area contributed by atoms with Gasteiger partial charge < -0.3 is 5.32 Å². The normalized spacial score (nSPS) is 10.8. The standard InChI is InChI=1S/C9H10BrN3O2S/c10-8-5-7(6-11)1-2-9(8)13-3-4-16(12,14)15/h1-2,5,13H,3-4H2,(H2,12,14,15). The summed E-state index contributed by atoms with van der Waals surface area (Å²) in [6.07, 6.45) is 0. The Kier molecular flexibility index (Phi) is 4.29. The van der Waals surface area contributed by atoms with Gasteiger partial charge in [0.05, 0.1) is 17.4 Å². The quantitative estimate of drug-likeness (QED) is 0.868. The highest BCUT2D eigenvalue weighted by molar-refractivity contribution is 9.10. The fraction of sp³-hybridized carbons (Fsp3) is 0.222. The molecular weight excluding hydrogens is 294 g/mol. The summed E-state index contributed by atoms with van der Waals surface area (Å²) >= 11 is 3.27. The van der Waals surface area contributed by atoms with E-state index in [2.05, 4.69) is 21.2 Å². The molecule has 0 unspecified atom stereocenters. The highest BCUT2D eigenvalue weighted by Gasteiger charge is 2.04. The van der Waals surface area contributed by atoms with E-state index in [9.17, 15) is 8.42 Å². The van der Waals surface area contributed by atoms with Crippen LogP contribution in [0.1, 0.15) is 5.56 Å². The first-order valence-corrected chi connectivity index (χ1v) is 6.87. The molecule has 0 aliphatic rings. The maximum atomic E-state index is 10.7. The van der Waals surface area contributed by atoms with Crippen molar-refractivity contribution in [1.82, 2.24) is 0 Å². The molecule has 0 amide bonds. The maximum absolute atomic E-state index is 10.7. The summed E-state index contributed by atoms with van der Waals surface area (Å²) < 4.78 is 22.1. The molecule has 7 heteroatoms. The predicted octanol–water partition coefficient (Wildman–Crippen LogP) is 1.02. The summed E-state index contributed by atoms with van der Waals surface area (Å²) in [5.74, 6) is -0.139. The third-order valence-electron chi connectivity index (χ3n) is 1.80. The first-order chi connectivity index (χ1) is 7.42. The van der Waals surface area contributed by atoms with Gasteiger partial charge >= 0.3 is 0 Å². The molecule has 0 heterocycles. The van der Waals surface area contributed by atoms with Crippen LogP contribution in [0.15, 0.2) is 22.7 Å². The molecule has 0 aliphatic carbocycles. The smallest absolute Gasteiger partial charge is 0.210 e. The van der Waals surface area contributed by atoms with Crippen molar-refractivity contribution < 1.29 is 8.42 Å². The third-order valence-corrected chi connectivity index (χ3v) is 3.23. The van der Waals surface area contributed by atoms with Crippen molar-refractivity contribution >= 4 is 31.6 Å². The molecule has 1 aromatic carbocycles. The van der Waals surface area contributed by atoms with E-state index < -0.39 is 10.0 Å². The van der Waals surface area contributed by atoms with Gasteiger partial charge in [0, 0.05) is 16.7 Å². The van der Waals surface area contributed by atoms with Gasteiger partial charge in [-0.2, -0.15) is 5.26 Å². The van der Waals surface area contributed by atoms with Crippen LogP contribution >= 0.6 is 15.9 Å². The summed E-state index contributed by atoms with van der Waals surface area (Å²) in [5.41, 5.74) is 1.26. The molecule has 3 N–H and O–H groups in total. The Morgan fingerprint density at radius 2 is 2.19 bits per heavy atom. The summed E-state index contributed by atoms with van der Waals surface area (Å²) in [4.78, 5) is 0. The van der Waals surface area contributed by atoms with Crippen molar-refractivity contribution in [1.29, 1.82) is 5.26 Å². The molecule has 0 aliphatic heterocycles. The molecule has 0 atom stereocenters. The van der Waals surface area contributed by atoms with E-state index in [1.165, 1.54) is 0 Å². The van der Waals surface area contributed by atoms with Crippen LogP contribution < -0.4 is 10.5 Å². The van der Waals surface area contributed by atoms with Crippen LogP contribution in [0.3, 0.4) is 0 Å². The second-order valence-corrected chi connectivity index (χ2v) is 5.69. The second-order valence-electron chi connectivity index (χ2n) is 3.10. The van der Waals surface area contributed by atoms with E-state index in [4.69, 9.17) is 10.4 Å². The molecule has 0 fully saturated rings. The predicted molar refractivity (Wildman–Crippen MR) is 65.3 cm³/mol. The van der Waals surface area contributed by atoms with Crippen molar-refractivity contribution in [2.24, 2.45) is 5.14 Å². The number of hydrogen-bond acceptors (Lipinski definition) is 4. The summed E-state index contributed by atoms with van der Waals surface area (Å²) in [5, 5.41) is 16.4. The van der Waals surface area contributed by atoms with Gasteiger partial charge in [0.25, 0.3) is 0 Å². The molecule has 86 valence electrons. The topological polar surface area (TPSA) is 96.0 Å². The number of primary sulfonamides is 1. The van der Waals surface area contributed by atoms with Gasteiger partial charge in [0.2, 0.25) is 10.0 Å². The van der Waals surface area contributed by atoms with Gasteiger partial charge in [0.15, 0.2) is 0 Å². The summed E-state index contributed by atoms with van der Waals surface area (Å²) in [7, 11) is -3.45. The average Bonchev–Trinajstić information content (AvgIpc) is 2.18. The molecule has 0 saturated carbocycles. The van der Waals surface area contributed by atoms with Crippen molar-refractivity contribution in [3.63, 3.8) is 0 Å². The Morgan fingerprint density at radius 1 is 1.50 bits per heavy atom.